The molecule has 14 heavy (non-hydrogen) atoms. The van der Waals surface area contributed by atoms with Crippen LogP contribution < -0.4 is 10.6 Å². The van der Waals surface area contributed by atoms with Crippen LogP contribution in [0.2, 0.25) is 0 Å². The van der Waals surface area contributed by atoms with E-state index < -0.39 is 0 Å². The standard InChI is InChI=1S/C10H19N3S/c1-3-4-11-5-6-12-9(2)10-13-7-8-14-10/h7-9,11-12H,3-6H2,1-2H3. The molecule has 0 amide bonds. The van der Waals surface area contributed by atoms with Crippen molar-refractivity contribution in [3.8, 4) is 0 Å². The van der Waals surface area contributed by atoms with Crippen LogP contribution in [0.25, 0.3) is 0 Å². The summed E-state index contributed by atoms with van der Waals surface area (Å²) < 4.78 is 0. The summed E-state index contributed by atoms with van der Waals surface area (Å²) in [6.07, 6.45) is 3.05. The highest BCUT2D eigenvalue weighted by Gasteiger charge is 2.05. The third-order valence-electron chi connectivity index (χ3n) is 2.00. The molecule has 80 valence electrons. The average molecular weight is 213 g/mol. The topological polar surface area (TPSA) is 37.0 Å². The van der Waals surface area contributed by atoms with Gasteiger partial charge in [0.25, 0.3) is 0 Å². The molecule has 1 rings (SSSR count). The lowest BCUT2D eigenvalue weighted by Gasteiger charge is -2.11. The predicted molar refractivity (Wildman–Crippen MR) is 61.7 cm³/mol. The molecule has 1 heterocycles. The van der Waals surface area contributed by atoms with Gasteiger partial charge in [0.05, 0.1) is 6.04 Å². The van der Waals surface area contributed by atoms with E-state index in [1.54, 1.807) is 11.3 Å². The first-order chi connectivity index (χ1) is 6.84. The van der Waals surface area contributed by atoms with Crippen LogP contribution in [0.15, 0.2) is 11.6 Å². The molecule has 2 N–H and O–H groups in total. The summed E-state index contributed by atoms with van der Waals surface area (Å²) in [5, 5.41) is 9.97. The van der Waals surface area contributed by atoms with Crippen LogP contribution in [0.3, 0.4) is 0 Å². The van der Waals surface area contributed by atoms with Gasteiger partial charge in [-0.1, -0.05) is 6.92 Å². The van der Waals surface area contributed by atoms with Crippen molar-refractivity contribution >= 4 is 11.3 Å². The van der Waals surface area contributed by atoms with E-state index in [0.29, 0.717) is 6.04 Å². The minimum Gasteiger partial charge on any atom is -0.315 e. The van der Waals surface area contributed by atoms with E-state index in [-0.39, 0.29) is 0 Å². The maximum Gasteiger partial charge on any atom is 0.109 e. The maximum absolute atomic E-state index is 4.27. The van der Waals surface area contributed by atoms with Crippen molar-refractivity contribution in [2.24, 2.45) is 0 Å². The molecular weight excluding hydrogens is 194 g/mol. The van der Waals surface area contributed by atoms with Crippen molar-refractivity contribution in [3.05, 3.63) is 16.6 Å². The Bertz CT molecular complexity index is 223. The Labute approximate surface area is 89.9 Å². The van der Waals surface area contributed by atoms with Crippen molar-refractivity contribution in [3.63, 3.8) is 0 Å². The molecule has 1 aromatic rings. The van der Waals surface area contributed by atoms with Gasteiger partial charge < -0.3 is 10.6 Å². The van der Waals surface area contributed by atoms with Gasteiger partial charge in [0.1, 0.15) is 5.01 Å². The van der Waals surface area contributed by atoms with Gasteiger partial charge in [-0.25, -0.2) is 4.98 Å². The minimum absolute atomic E-state index is 0.374. The highest BCUT2D eigenvalue weighted by Crippen LogP contribution is 2.13. The maximum atomic E-state index is 4.27. The largest absolute Gasteiger partial charge is 0.315 e. The lowest BCUT2D eigenvalue weighted by atomic mass is 10.3. The zero-order valence-electron chi connectivity index (χ0n) is 8.92. The van der Waals surface area contributed by atoms with Crippen LogP contribution >= 0.6 is 11.3 Å². The van der Waals surface area contributed by atoms with Crippen molar-refractivity contribution in [1.82, 2.24) is 15.6 Å². The Morgan fingerprint density at radius 2 is 2.29 bits per heavy atom. The van der Waals surface area contributed by atoms with E-state index in [1.165, 1.54) is 11.4 Å². The lowest BCUT2D eigenvalue weighted by Crippen LogP contribution is -2.29. The fourth-order valence-electron chi connectivity index (χ4n) is 1.21. The summed E-state index contributed by atoms with van der Waals surface area (Å²) in [7, 11) is 0. The van der Waals surface area contributed by atoms with Gasteiger partial charge in [-0.3, -0.25) is 0 Å². The molecular formula is C10H19N3S. The summed E-state index contributed by atoms with van der Waals surface area (Å²) in [4.78, 5) is 4.27. The van der Waals surface area contributed by atoms with Gasteiger partial charge in [-0.15, -0.1) is 11.3 Å². The molecule has 3 nitrogen and oxygen atoms in total. The van der Waals surface area contributed by atoms with Gasteiger partial charge in [0.15, 0.2) is 0 Å². The molecule has 0 bridgehead atoms. The van der Waals surface area contributed by atoms with Crippen LogP contribution in [0, 0.1) is 0 Å². The summed E-state index contributed by atoms with van der Waals surface area (Å²) in [5.74, 6) is 0. The second kappa shape index (κ2) is 6.92. The Kier molecular flexibility index (Phi) is 5.75. The van der Waals surface area contributed by atoms with Crippen molar-refractivity contribution in [2.75, 3.05) is 19.6 Å². The van der Waals surface area contributed by atoms with Crippen LogP contribution in [-0.2, 0) is 0 Å². The molecule has 0 saturated carbocycles. The minimum atomic E-state index is 0.374. The summed E-state index contributed by atoms with van der Waals surface area (Å²) in [6.45, 7) is 7.47. The Morgan fingerprint density at radius 1 is 1.43 bits per heavy atom. The number of nitrogens with zero attached hydrogens (tertiary/aromatic N) is 1. The number of aromatic nitrogens is 1. The summed E-state index contributed by atoms with van der Waals surface area (Å²) in [5.41, 5.74) is 0. The zero-order chi connectivity index (χ0) is 10.2. The van der Waals surface area contributed by atoms with Crippen molar-refractivity contribution in [2.45, 2.75) is 26.3 Å². The first kappa shape index (κ1) is 11.6. The van der Waals surface area contributed by atoms with Gasteiger partial charge in [0, 0.05) is 24.7 Å². The molecule has 0 aromatic carbocycles. The molecule has 0 aliphatic heterocycles. The van der Waals surface area contributed by atoms with E-state index >= 15 is 0 Å². The molecule has 0 aliphatic rings. The molecule has 1 aromatic heterocycles. The molecule has 1 atom stereocenters. The Balaban J connectivity index is 2.07. The van der Waals surface area contributed by atoms with E-state index in [4.69, 9.17) is 0 Å². The molecule has 0 fully saturated rings. The number of hydrogen-bond donors (Lipinski definition) is 2. The van der Waals surface area contributed by atoms with Crippen molar-refractivity contribution < 1.29 is 0 Å². The predicted octanol–water partition coefficient (Wildman–Crippen LogP) is 1.79. The van der Waals surface area contributed by atoms with E-state index in [2.05, 4.69) is 29.5 Å². The Hall–Kier alpha value is -0.450. The number of rotatable bonds is 7. The highest BCUT2D eigenvalue weighted by molar-refractivity contribution is 7.09. The third kappa shape index (κ3) is 4.17. The monoisotopic (exact) mass is 213 g/mol. The zero-order valence-corrected chi connectivity index (χ0v) is 9.73. The van der Waals surface area contributed by atoms with Crippen LogP contribution in [0.1, 0.15) is 31.3 Å². The molecule has 0 saturated heterocycles. The smallest absolute Gasteiger partial charge is 0.109 e. The second-order valence-corrected chi connectivity index (χ2v) is 4.22. The molecule has 4 heteroatoms. The van der Waals surface area contributed by atoms with Crippen LogP contribution in [0.4, 0.5) is 0 Å². The molecule has 0 spiro atoms. The molecule has 1 unspecified atom stereocenters. The fraction of sp³-hybridized carbons (Fsp3) is 0.700. The van der Waals surface area contributed by atoms with Gasteiger partial charge in [-0.2, -0.15) is 0 Å². The van der Waals surface area contributed by atoms with E-state index in [1.807, 2.05) is 11.6 Å². The fourth-order valence-corrected chi connectivity index (χ4v) is 1.88. The average Bonchev–Trinajstić information content (AvgIpc) is 2.70. The van der Waals surface area contributed by atoms with Gasteiger partial charge in [0.2, 0.25) is 0 Å². The van der Waals surface area contributed by atoms with E-state index in [0.717, 1.165) is 19.6 Å². The molecule has 0 radical (unpaired) electrons. The molecule has 0 aliphatic carbocycles. The first-order valence-corrected chi connectivity index (χ1v) is 6.06. The van der Waals surface area contributed by atoms with Crippen LogP contribution in [0.5, 0.6) is 0 Å². The summed E-state index contributed by atoms with van der Waals surface area (Å²) >= 11 is 1.71. The van der Waals surface area contributed by atoms with Crippen molar-refractivity contribution in [1.29, 1.82) is 0 Å². The Morgan fingerprint density at radius 3 is 2.93 bits per heavy atom. The number of thiazole rings is 1. The van der Waals surface area contributed by atoms with Crippen LogP contribution in [-0.4, -0.2) is 24.6 Å². The van der Waals surface area contributed by atoms with Gasteiger partial charge in [-0.05, 0) is 19.9 Å². The SMILES string of the molecule is CCCNCCNC(C)c1nccs1. The van der Waals surface area contributed by atoms with E-state index in [9.17, 15) is 0 Å². The quantitative estimate of drug-likeness (QED) is 0.678. The van der Waals surface area contributed by atoms with Gasteiger partial charge >= 0.3 is 0 Å². The lowest BCUT2D eigenvalue weighted by molar-refractivity contribution is 0.543. The normalized spacial score (nSPS) is 13.0. The number of hydrogen-bond acceptors (Lipinski definition) is 4. The highest BCUT2D eigenvalue weighted by atomic mass is 32.1. The third-order valence-corrected chi connectivity index (χ3v) is 2.96. The second-order valence-electron chi connectivity index (χ2n) is 3.30. The number of nitrogens with one attached hydrogen (secondary N) is 2. The summed E-state index contributed by atoms with van der Waals surface area (Å²) in [6, 6.07) is 0.374. The first-order valence-electron chi connectivity index (χ1n) is 5.18.